The van der Waals surface area contributed by atoms with Gasteiger partial charge in [-0.05, 0) is 29.8 Å². The summed E-state index contributed by atoms with van der Waals surface area (Å²) in [7, 11) is 1.52. The molecule has 0 aromatic carbocycles. The van der Waals surface area contributed by atoms with Crippen molar-refractivity contribution in [3.63, 3.8) is 0 Å². The van der Waals surface area contributed by atoms with Crippen LogP contribution in [0.1, 0.15) is 17.2 Å². The van der Waals surface area contributed by atoms with Crippen LogP contribution in [0.3, 0.4) is 0 Å². The number of carbonyl (C=O) groups is 2. The Labute approximate surface area is 144 Å². The number of rotatable bonds is 5. The van der Waals surface area contributed by atoms with Crippen molar-refractivity contribution in [2.24, 2.45) is 0 Å². The van der Waals surface area contributed by atoms with Crippen LogP contribution in [-0.2, 0) is 14.3 Å². The molecule has 1 saturated heterocycles. The van der Waals surface area contributed by atoms with Gasteiger partial charge in [-0.15, -0.1) is 0 Å². The van der Waals surface area contributed by atoms with Gasteiger partial charge in [-0.2, -0.15) is 0 Å². The Kier molecular flexibility index (Phi) is 4.85. The first-order valence-electron chi connectivity index (χ1n) is 7.72. The van der Waals surface area contributed by atoms with E-state index in [0.717, 1.165) is 0 Å². The standard InChI is InChI=1S/C18H17N3O4/c1-25-11-10-21-15(12-2-6-19-7-3-12)14(17(23)18(21)24)16(22)13-4-8-20-9-5-13/h2-9,15,22H,10-11H2,1H3/b16-14-. The summed E-state index contributed by atoms with van der Waals surface area (Å²) in [4.78, 5) is 34.4. The molecule has 1 fully saturated rings. The molecule has 128 valence electrons. The van der Waals surface area contributed by atoms with E-state index in [1.807, 2.05) is 0 Å². The topological polar surface area (TPSA) is 92.6 Å². The summed E-state index contributed by atoms with van der Waals surface area (Å²) < 4.78 is 5.05. The van der Waals surface area contributed by atoms with Gasteiger partial charge in [0.1, 0.15) is 5.76 Å². The Morgan fingerprint density at radius 3 is 2.32 bits per heavy atom. The van der Waals surface area contributed by atoms with Crippen LogP contribution in [-0.4, -0.2) is 51.9 Å². The van der Waals surface area contributed by atoms with Gasteiger partial charge >= 0.3 is 0 Å². The molecule has 0 saturated carbocycles. The monoisotopic (exact) mass is 339 g/mol. The van der Waals surface area contributed by atoms with E-state index in [1.54, 1.807) is 36.7 Å². The van der Waals surface area contributed by atoms with Crippen molar-refractivity contribution in [2.45, 2.75) is 6.04 Å². The van der Waals surface area contributed by atoms with Gasteiger partial charge < -0.3 is 14.7 Å². The number of aromatic nitrogens is 2. The van der Waals surface area contributed by atoms with Crippen molar-refractivity contribution in [3.8, 4) is 0 Å². The lowest BCUT2D eigenvalue weighted by Crippen LogP contribution is -2.32. The average molecular weight is 339 g/mol. The summed E-state index contributed by atoms with van der Waals surface area (Å²) in [6.07, 6.45) is 6.19. The fourth-order valence-corrected chi connectivity index (χ4v) is 2.86. The van der Waals surface area contributed by atoms with E-state index in [2.05, 4.69) is 9.97 Å². The number of aliphatic hydroxyl groups is 1. The molecule has 2 aromatic rings. The normalized spacial score (nSPS) is 19.4. The van der Waals surface area contributed by atoms with E-state index in [-0.39, 0.29) is 24.5 Å². The van der Waals surface area contributed by atoms with Gasteiger partial charge in [-0.3, -0.25) is 19.6 Å². The Balaban J connectivity index is 2.14. The zero-order valence-electron chi connectivity index (χ0n) is 13.6. The van der Waals surface area contributed by atoms with Gasteiger partial charge in [-0.1, -0.05) is 0 Å². The maximum atomic E-state index is 12.6. The van der Waals surface area contributed by atoms with E-state index in [4.69, 9.17) is 4.74 Å². The molecular weight excluding hydrogens is 322 g/mol. The molecule has 1 amide bonds. The first-order valence-corrected chi connectivity index (χ1v) is 7.72. The number of Topliss-reactive ketones (excluding diaryl/α,β-unsaturated/α-hetero) is 1. The summed E-state index contributed by atoms with van der Waals surface area (Å²) in [5.74, 6) is -1.59. The van der Waals surface area contributed by atoms with E-state index >= 15 is 0 Å². The predicted molar refractivity (Wildman–Crippen MR) is 89.4 cm³/mol. The second-order valence-electron chi connectivity index (χ2n) is 5.50. The number of nitrogens with zero attached hydrogens (tertiary/aromatic N) is 3. The van der Waals surface area contributed by atoms with E-state index < -0.39 is 17.7 Å². The number of likely N-dealkylation sites (tertiary alicyclic amines) is 1. The van der Waals surface area contributed by atoms with Crippen molar-refractivity contribution in [1.82, 2.24) is 14.9 Å². The molecule has 0 aliphatic carbocycles. The number of pyridine rings is 2. The van der Waals surface area contributed by atoms with Crippen LogP contribution >= 0.6 is 0 Å². The summed E-state index contributed by atoms with van der Waals surface area (Å²) >= 11 is 0. The van der Waals surface area contributed by atoms with Gasteiger partial charge in [0, 0.05) is 44.0 Å². The first-order chi connectivity index (χ1) is 12.1. The predicted octanol–water partition coefficient (Wildman–Crippen LogP) is 1.54. The number of carbonyl (C=O) groups excluding carboxylic acids is 2. The van der Waals surface area contributed by atoms with Crippen LogP contribution < -0.4 is 0 Å². The maximum absolute atomic E-state index is 12.6. The van der Waals surface area contributed by atoms with Crippen LogP contribution in [0.5, 0.6) is 0 Å². The molecule has 1 aliphatic rings. The molecule has 2 aromatic heterocycles. The minimum absolute atomic E-state index is 0.0542. The SMILES string of the molecule is COCCN1C(=O)C(=O)/C(=C(\O)c2ccncc2)C1c1ccncc1. The maximum Gasteiger partial charge on any atom is 0.295 e. The summed E-state index contributed by atoms with van der Waals surface area (Å²) in [5, 5.41) is 10.7. The smallest absolute Gasteiger partial charge is 0.295 e. The zero-order valence-corrected chi connectivity index (χ0v) is 13.6. The summed E-state index contributed by atoms with van der Waals surface area (Å²) in [6, 6.07) is 5.92. The van der Waals surface area contributed by atoms with Crippen molar-refractivity contribution in [3.05, 3.63) is 65.8 Å². The zero-order chi connectivity index (χ0) is 17.8. The minimum Gasteiger partial charge on any atom is -0.507 e. The van der Waals surface area contributed by atoms with E-state index in [9.17, 15) is 14.7 Å². The lowest BCUT2D eigenvalue weighted by molar-refractivity contribution is -0.140. The van der Waals surface area contributed by atoms with Crippen LogP contribution in [0.15, 0.2) is 54.6 Å². The van der Waals surface area contributed by atoms with Gasteiger partial charge in [0.05, 0.1) is 18.2 Å². The molecule has 3 rings (SSSR count). The Hall–Kier alpha value is -3.06. The van der Waals surface area contributed by atoms with Gasteiger partial charge in [-0.25, -0.2) is 0 Å². The number of amides is 1. The van der Waals surface area contributed by atoms with Gasteiger partial charge in [0.15, 0.2) is 0 Å². The fourth-order valence-electron chi connectivity index (χ4n) is 2.86. The van der Waals surface area contributed by atoms with Crippen molar-refractivity contribution in [1.29, 1.82) is 0 Å². The fraction of sp³-hybridized carbons (Fsp3) is 0.222. The lowest BCUT2D eigenvalue weighted by Gasteiger charge is -2.24. The minimum atomic E-state index is -0.716. The highest BCUT2D eigenvalue weighted by Gasteiger charge is 2.45. The highest BCUT2D eigenvalue weighted by Crippen LogP contribution is 2.38. The number of hydrogen-bond donors (Lipinski definition) is 1. The Morgan fingerprint density at radius 1 is 1.12 bits per heavy atom. The first kappa shape index (κ1) is 16.8. The second-order valence-corrected chi connectivity index (χ2v) is 5.50. The molecule has 3 heterocycles. The highest BCUT2D eigenvalue weighted by atomic mass is 16.5. The average Bonchev–Trinajstić information content (AvgIpc) is 2.91. The van der Waals surface area contributed by atoms with Crippen LogP contribution in [0.2, 0.25) is 0 Å². The van der Waals surface area contributed by atoms with E-state index in [1.165, 1.54) is 24.4 Å². The van der Waals surface area contributed by atoms with Crippen LogP contribution in [0.4, 0.5) is 0 Å². The van der Waals surface area contributed by atoms with E-state index in [0.29, 0.717) is 11.1 Å². The molecule has 0 bridgehead atoms. The molecule has 1 aliphatic heterocycles. The second kappa shape index (κ2) is 7.23. The lowest BCUT2D eigenvalue weighted by atomic mass is 9.96. The molecule has 7 heteroatoms. The van der Waals surface area contributed by atoms with Crippen molar-refractivity contribution in [2.75, 3.05) is 20.3 Å². The molecular formula is C18H17N3O4. The molecule has 0 spiro atoms. The Bertz CT molecular complexity index is 806. The molecule has 1 unspecified atom stereocenters. The molecule has 1 atom stereocenters. The number of aliphatic hydroxyl groups excluding tert-OH is 1. The summed E-state index contributed by atoms with van der Waals surface area (Å²) in [5.41, 5.74) is 1.18. The third kappa shape index (κ3) is 3.14. The van der Waals surface area contributed by atoms with Crippen molar-refractivity contribution < 1.29 is 19.4 Å². The van der Waals surface area contributed by atoms with Gasteiger partial charge in [0.25, 0.3) is 11.7 Å². The third-order valence-electron chi connectivity index (χ3n) is 4.05. The molecule has 1 N–H and O–H groups in total. The largest absolute Gasteiger partial charge is 0.507 e. The van der Waals surface area contributed by atoms with Crippen molar-refractivity contribution >= 4 is 17.4 Å². The number of hydrogen-bond acceptors (Lipinski definition) is 6. The number of ether oxygens (including phenoxy) is 1. The van der Waals surface area contributed by atoms with Crippen LogP contribution in [0, 0.1) is 0 Å². The number of methoxy groups -OCH3 is 1. The quantitative estimate of drug-likeness (QED) is 0.505. The molecule has 25 heavy (non-hydrogen) atoms. The number of ketones is 1. The Morgan fingerprint density at radius 2 is 1.72 bits per heavy atom. The molecule has 7 nitrogen and oxygen atoms in total. The van der Waals surface area contributed by atoms with Gasteiger partial charge in [0.2, 0.25) is 0 Å². The van der Waals surface area contributed by atoms with Crippen LogP contribution in [0.25, 0.3) is 5.76 Å². The highest BCUT2D eigenvalue weighted by molar-refractivity contribution is 6.46. The molecule has 0 radical (unpaired) electrons. The third-order valence-corrected chi connectivity index (χ3v) is 4.05. The summed E-state index contributed by atoms with van der Waals surface area (Å²) in [6.45, 7) is 0.519.